The third kappa shape index (κ3) is 8.05. The minimum absolute atomic E-state index is 0.138. The molecule has 1 unspecified atom stereocenters. The first-order valence-corrected chi connectivity index (χ1v) is 16.9. The predicted octanol–water partition coefficient (Wildman–Crippen LogP) is 4.56. The Morgan fingerprint density at radius 3 is 1.25 bits per heavy atom. The molecule has 0 bridgehead atoms. The van der Waals surface area contributed by atoms with Crippen LogP contribution in [0.25, 0.3) is 0 Å². The summed E-state index contributed by atoms with van der Waals surface area (Å²) in [6, 6.07) is 0. The second kappa shape index (κ2) is 14.9. The molecule has 16 nitrogen and oxygen atoms in total. The van der Waals surface area contributed by atoms with Crippen molar-refractivity contribution in [2.75, 3.05) is 0 Å². The van der Waals surface area contributed by atoms with Gasteiger partial charge in [-0.15, -0.1) is 0 Å². The zero-order valence-electron chi connectivity index (χ0n) is 29.3. The fourth-order valence-electron chi connectivity index (χ4n) is 5.68. The lowest BCUT2D eigenvalue weighted by Gasteiger charge is -2.45. The predicted molar refractivity (Wildman–Crippen MR) is 177 cm³/mol. The van der Waals surface area contributed by atoms with Crippen LogP contribution >= 0.6 is 0 Å². The molecule has 1 atom stereocenters. The molecule has 53 heavy (non-hydrogen) atoms. The number of aliphatic hydroxyl groups is 2. The van der Waals surface area contributed by atoms with Crippen LogP contribution in [0, 0.1) is 0 Å². The second-order valence-electron chi connectivity index (χ2n) is 12.6. The summed E-state index contributed by atoms with van der Waals surface area (Å²) in [4.78, 5) is 75.8. The highest BCUT2D eigenvalue weighted by Crippen LogP contribution is 2.45. The first-order chi connectivity index (χ1) is 25.1. The molecule has 0 radical (unpaired) electrons. The van der Waals surface area contributed by atoms with Crippen molar-refractivity contribution in [1.82, 2.24) is 0 Å². The summed E-state index contributed by atoms with van der Waals surface area (Å²) >= 11 is 0. The van der Waals surface area contributed by atoms with Crippen molar-refractivity contribution < 1.29 is 76.9 Å². The summed E-state index contributed by atoms with van der Waals surface area (Å²) in [5, 5.41) is 20.3. The number of aliphatic hydroxyl groups excluding tert-OH is 2. The number of carbonyl (C=O) groups excluding carboxylic acids is 6. The maximum Gasteiger partial charge on any atom is 0.348 e. The van der Waals surface area contributed by atoms with Crippen molar-refractivity contribution in [3.05, 3.63) is 94.9 Å². The lowest BCUT2D eigenvalue weighted by Crippen LogP contribution is -2.56. The van der Waals surface area contributed by atoms with Crippen molar-refractivity contribution in [1.29, 1.82) is 0 Å². The average molecular weight is 739 g/mol. The SMILES string of the molecule is CCC1(C)OC(=O)C(/C=C/C=C/C=C2C(=O)OC3(CCC4(CC3)OC(=O)C(=CC=CC=CC3=C(O)OC(CC)(CC)OC3=O)C(=O)O4)OC2=O)=C(O)O1. The molecular weight excluding hydrogens is 700 g/mol. The third-order valence-corrected chi connectivity index (χ3v) is 9.07. The van der Waals surface area contributed by atoms with Gasteiger partial charge in [0.1, 0.15) is 22.3 Å². The molecule has 5 rings (SSSR count). The monoisotopic (exact) mass is 738 g/mol. The summed E-state index contributed by atoms with van der Waals surface area (Å²) < 4.78 is 43.1. The molecule has 2 N–H and O–H groups in total. The summed E-state index contributed by atoms with van der Waals surface area (Å²) in [6.45, 7) is 6.73. The van der Waals surface area contributed by atoms with Crippen LogP contribution in [0.3, 0.4) is 0 Å². The van der Waals surface area contributed by atoms with Crippen LogP contribution in [0.15, 0.2) is 94.9 Å². The standard InChI is InChI=1S/C37H38O16/c1-5-34(4)46-26(38)22(27(39)47-34)14-10-8-12-16-24-30(42)50-36(51-31(24)43)18-20-37(21-19-36)52-32(44)25(33(45)53-37)17-13-9-11-15-23-28(40)48-35(6-2,7-3)49-29(23)41/h8-17,38,40H,5-7,18-21H2,1-4H3/b12-8+,13-9?,14-10+,15-11?,24-16?,25-17?. The number of carbonyl (C=O) groups is 6. The number of esters is 6. The number of hydrogen-bond acceptors (Lipinski definition) is 16. The number of allylic oxidation sites excluding steroid dienone is 8. The van der Waals surface area contributed by atoms with Crippen molar-refractivity contribution in [3.8, 4) is 0 Å². The molecule has 282 valence electrons. The zero-order chi connectivity index (χ0) is 38.6. The Hall–Kier alpha value is -6.06. The minimum atomic E-state index is -1.67. The van der Waals surface area contributed by atoms with E-state index in [1.54, 1.807) is 20.8 Å². The van der Waals surface area contributed by atoms with Gasteiger partial charge in [-0.05, 0) is 24.3 Å². The molecule has 0 amide bonds. The molecule has 2 saturated heterocycles. The van der Waals surface area contributed by atoms with Crippen LogP contribution in [0.1, 0.15) is 72.6 Å². The quantitative estimate of drug-likeness (QED) is 0.109. The highest BCUT2D eigenvalue weighted by molar-refractivity contribution is 6.16. The number of cyclic esters (lactones) is 2. The van der Waals surface area contributed by atoms with Crippen molar-refractivity contribution in [2.24, 2.45) is 0 Å². The Balaban J connectivity index is 1.14. The van der Waals surface area contributed by atoms with E-state index in [9.17, 15) is 39.0 Å². The van der Waals surface area contributed by atoms with Gasteiger partial charge in [0.2, 0.25) is 0 Å². The summed E-state index contributed by atoms with van der Waals surface area (Å²) in [6.07, 6.45) is 13.3. The summed E-state index contributed by atoms with van der Waals surface area (Å²) in [5.74, 6) is -12.5. The molecule has 0 aromatic heterocycles. The van der Waals surface area contributed by atoms with Crippen molar-refractivity contribution >= 4 is 35.8 Å². The van der Waals surface area contributed by atoms with Gasteiger partial charge in [-0.3, -0.25) is 0 Å². The van der Waals surface area contributed by atoms with E-state index in [0.29, 0.717) is 19.3 Å². The molecule has 5 aliphatic rings. The van der Waals surface area contributed by atoms with E-state index in [2.05, 4.69) is 0 Å². The first kappa shape index (κ1) is 38.2. The smallest absolute Gasteiger partial charge is 0.348 e. The zero-order valence-corrected chi connectivity index (χ0v) is 29.3. The average Bonchev–Trinajstić information content (AvgIpc) is 3.10. The molecule has 16 heteroatoms. The van der Waals surface area contributed by atoms with E-state index in [1.165, 1.54) is 55.5 Å². The molecule has 0 aromatic rings. The van der Waals surface area contributed by atoms with Gasteiger partial charge in [0.25, 0.3) is 35.0 Å². The fourth-order valence-corrected chi connectivity index (χ4v) is 5.68. The maximum atomic E-state index is 12.8. The minimum Gasteiger partial charge on any atom is -0.480 e. The van der Waals surface area contributed by atoms with E-state index < -0.39 is 82.0 Å². The molecule has 4 aliphatic heterocycles. The Bertz CT molecular complexity index is 1790. The Labute approximate surface area is 303 Å². The van der Waals surface area contributed by atoms with Gasteiger partial charge in [0, 0.05) is 51.9 Å². The van der Waals surface area contributed by atoms with Crippen molar-refractivity contribution in [3.63, 3.8) is 0 Å². The molecule has 3 fully saturated rings. The van der Waals surface area contributed by atoms with Crippen LogP contribution < -0.4 is 0 Å². The summed E-state index contributed by atoms with van der Waals surface area (Å²) in [7, 11) is 0. The highest BCUT2D eigenvalue weighted by Gasteiger charge is 2.56. The van der Waals surface area contributed by atoms with E-state index in [-0.39, 0.29) is 36.8 Å². The lowest BCUT2D eigenvalue weighted by atomic mass is 9.87. The third-order valence-electron chi connectivity index (χ3n) is 9.07. The van der Waals surface area contributed by atoms with Crippen LogP contribution in [-0.4, -0.2) is 69.2 Å². The highest BCUT2D eigenvalue weighted by atomic mass is 16.8. The van der Waals surface area contributed by atoms with Gasteiger partial charge >= 0.3 is 35.8 Å². The molecule has 4 heterocycles. The van der Waals surface area contributed by atoms with Crippen LogP contribution in [0.5, 0.6) is 0 Å². The number of rotatable bonds is 9. The molecule has 0 aromatic carbocycles. The fraction of sp³-hybridized carbons (Fsp3) is 0.405. The Kier molecular flexibility index (Phi) is 10.7. The van der Waals surface area contributed by atoms with Gasteiger partial charge in [-0.1, -0.05) is 57.2 Å². The molecular formula is C37H38O16. The van der Waals surface area contributed by atoms with Gasteiger partial charge < -0.3 is 48.1 Å². The largest absolute Gasteiger partial charge is 0.480 e. The Morgan fingerprint density at radius 2 is 0.887 bits per heavy atom. The van der Waals surface area contributed by atoms with Crippen LogP contribution in [0.4, 0.5) is 0 Å². The number of ether oxygens (including phenoxy) is 8. The molecule has 2 spiro atoms. The van der Waals surface area contributed by atoms with Crippen molar-refractivity contribution in [2.45, 2.75) is 95.8 Å². The normalized spacial score (nSPS) is 29.0. The van der Waals surface area contributed by atoms with E-state index in [1.807, 2.05) is 0 Å². The van der Waals surface area contributed by atoms with E-state index in [0.717, 1.165) is 12.2 Å². The second-order valence-corrected chi connectivity index (χ2v) is 12.6. The molecule has 1 aliphatic carbocycles. The van der Waals surface area contributed by atoms with Gasteiger partial charge in [-0.2, -0.15) is 0 Å². The summed E-state index contributed by atoms with van der Waals surface area (Å²) in [5.41, 5.74) is -1.25. The van der Waals surface area contributed by atoms with Gasteiger partial charge in [0.15, 0.2) is 0 Å². The number of hydrogen-bond donors (Lipinski definition) is 2. The van der Waals surface area contributed by atoms with Gasteiger partial charge in [0.05, 0.1) is 0 Å². The topological polar surface area (TPSA) is 217 Å². The van der Waals surface area contributed by atoms with E-state index in [4.69, 9.17) is 37.9 Å². The Morgan fingerprint density at radius 1 is 0.491 bits per heavy atom. The first-order valence-electron chi connectivity index (χ1n) is 16.9. The lowest BCUT2D eigenvalue weighted by molar-refractivity contribution is -0.291. The van der Waals surface area contributed by atoms with Gasteiger partial charge in [-0.25, -0.2) is 28.8 Å². The maximum absolute atomic E-state index is 12.8. The van der Waals surface area contributed by atoms with Crippen LogP contribution in [0.2, 0.25) is 0 Å². The molecule has 1 saturated carbocycles. The van der Waals surface area contributed by atoms with Crippen LogP contribution in [-0.2, 0) is 66.7 Å². The van der Waals surface area contributed by atoms with E-state index >= 15 is 0 Å².